The number of carboxylic acid groups (broad SMARTS) is 1. The molecule has 4 aromatic heterocycles. The topological polar surface area (TPSA) is 650 Å². The summed E-state index contributed by atoms with van der Waals surface area (Å²) in [6.45, 7) is 3.72. The number of aliphatic hydroxyl groups is 4. The zero-order valence-electron chi connectivity index (χ0n) is 63.8. The van der Waals surface area contributed by atoms with Gasteiger partial charge in [-0.2, -0.15) is 0 Å². The minimum absolute atomic E-state index is 0.00424. The molecular formula is C72H106N22O20. The molecule has 0 radical (unpaired) electrons. The van der Waals surface area contributed by atoms with Crippen molar-refractivity contribution < 1.29 is 97.4 Å². The Bertz CT molecular complexity index is 4050. The van der Waals surface area contributed by atoms with E-state index in [0.29, 0.717) is 40.7 Å². The number of nitrogens with zero attached hydrogens (tertiary/aromatic N) is 5. The predicted molar refractivity (Wildman–Crippen MR) is 401 cm³/mol. The maximum Gasteiger partial charge on any atom is 0.321 e. The van der Waals surface area contributed by atoms with E-state index in [2.05, 4.69) is 99.0 Å². The van der Waals surface area contributed by atoms with E-state index in [0.717, 1.165) is 43.2 Å². The van der Waals surface area contributed by atoms with E-state index in [1.165, 1.54) is 38.2 Å². The molecule has 14 atom stereocenters. The number of aromatic nitrogens is 8. The van der Waals surface area contributed by atoms with Gasteiger partial charge in [0.1, 0.15) is 78.8 Å². The van der Waals surface area contributed by atoms with Crippen molar-refractivity contribution in [1.29, 1.82) is 0 Å². The molecule has 114 heavy (non-hydrogen) atoms. The number of H-pyrrole nitrogens is 3. The Labute approximate surface area is 654 Å². The van der Waals surface area contributed by atoms with Crippen molar-refractivity contribution in [2.45, 2.75) is 222 Å². The number of aromatic amines is 3. The number of imidazole rings is 2. The largest absolute Gasteiger partial charge is 0.480 e. The summed E-state index contributed by atoms with van der Waals surface area (Å²) >= 11 is 0. The highest BCUT2D eigenvalue weighted by Crippen LogP contribution is 2.30. The normalized spacial score (nSPS) is 18.7. The van der Waals surface area contributed by atoms with Gasteiger partial charge < -0.3 is 115 Å². The van der Waals surface area contributed by atoms with Gasteiger partial charge in [-0.1, -0.05) is 89.1 Å². The van der Waals surface area contributed by atoms with Gasteiger partial charge in [0.15, 0.2) is 6.23 Å². The molecular weight excluding hydrogens is 1490 g/mol. The zero-order chi connectivity index (χ0) is 83.1. The van der Waals surface area contributed by atoms with Crippen molar-refractivity contribution in [2.24, 2.45) is 23.3 Å². The van der Waals surface area contributed by atoms with Crippen LogP contribution in [0.25, 0.3) is 10.9 Å². The molecule has 5 aromatic rings. The predicted octanol–water partition coefficient (Wildman–Crippen LogP) is -5.91. The maximum absolute atomic E-state index is 14.5. The summed E-state index contributed by atoms with van der Waals surface area (Å²) in [4.78, 5) is 206. The molecule has 0 spiro atoms. The molecule has 1 aliphatic heterocycles. The lowest BCUT2D eigenvalue weighted by Gasteiger charge is -2.39. The number of nitrogens with one attached hydrogen (secondary N) is 15. The fraction of sp³-hybridized carbons (Fsp3) is 0.583. The van der Waals surface area contributed by atoms with Crippen LogP contribution in [0.1, 0.15) is 140 Å². The van der Waals surface area contributed by atoms with Gasteiger partial charge in [-0.15, -0.1) is 5.10 Å². The van der Waals surface area contributed by atoms with Gasteiger partial charge in [-0.3, -0.25) is 72.4 Å². The summed E-state index contributed by atoms with van der Waals surface area (Å²) in [5, 5.41) is 90.4. The molecule has 2 fully saturated rings. The molecule has 7 rings (SSSR count). The average Bonchev–Trinajstić information content (AvgIpc) is 1.48. The molecule has 1 aromatic carbocycles. The highest BCUT2D eigenvalue weighted by molar-refractivity contribution is 5.98. The number of primary amides is 2. The second-order valence-corrected chi connectivity index (χ2v) is 28.7. The van der Waals surface area contributed by atoms with Gasteiger partial charge >= 0.3 is 5.97 Å². The van der Waals surface area contributed by atoms with E-state index < -0.39 is 219 Å². The third-order valence-corrected chi connectivity index (χ3v) is 19.4. The van der Waals surface area contributed by atoms with Crippen LogP contribution in [-0.2, 0) is 97.5 Å². The smallest absolute Gasteiger partial charge is 0.321 e. The molecule has 2 unspecified atom stereocenters. The van der Waals surface area contributed by atoms with Crippen molar-refractivity contribution in [2.75, 3.05) is 32.8 Å². The Kier molecular flexibility index (Phi) is 35.3. The number of aliphatic carboxylic acids is 1. The lowest BCUT2D eigenvalue weighted by molar-refractivity contribution is -0.254. The Balaban J connectivity index is 0.942. The number of carbonyl (C=O) groups excluding carboxylic acids is 13. The third kappa shape index (κ3) is 28.1. The van der Waals surface area contributed by atoms with Crippen LogP contribution in [0.3, 0.4) is 0 Å². The van der Waals surface area contributed by atoms with Crippen molar-refractivity contribution in [3.63, 3.8) is 0 Å². The van der Waals surface area contributed by atoms with Crippen molar-refractivity contribution >= 4 is 93.7 Å². The minimum Gasteiger partial charge on any atom is -0.480 e. The molecule has 1 saturated heterocycles. The number of fused-ring (bicyclic) bond motifs is 1. The molecule has 13 amide bonds. The van der Waals surface area contributed by atoms with Gasteiger partial charge in [0.2, 0.25) is 76.8 Å². The summed E-state index contributed by atoms with van der Waals surface area (Å²) in [6.07, 6.45) is 4.35. The van der Waals surface area contributed by atoms with E-state index in [9.17, 15) is 92.7 Å². The van der Waals surface area contributed by atoms with Crippen LogP contribution in [0.15, 0.2) is 61.7 Å². The van der Waals surface area contributed by atoms with Crippen LogP contribution in [0.5, 0.6) is 0 Å². The second-order valence-electron chi connectivity index (χ2n) is 28.7. The average molecular weight is 1600 g/mol. The lowest BCUT2D eigenvalue weighted by atomic mass is 9.84. The molecule has 1 aliphatic carbocycles. The minimum atomic E-state index is -1.77. The Morgan fingerprint density at radius 2 is 1.18 bits per heavy atom. The number of unbranched alkanes of at least 4 members (excludes halogenated alkanes) is 1. The fourth-order valence-electron chi connectivity index (χ4n) is 13.0. The van der Waals surface area contributed by atoms with E-state index in [1.807, 2.05) is 6.92 Å². The molecule has 2 aliphatic rings. The second kappa shape index (κ2) is 44.8. The van der Waals surface area contributed by atoms with Gasteiger partial charge in [0.05, 0.1) is 44.2 Å². The van der Waals surface area contributed by atoms with Crippen molar-refractivity contribution in [3.8, 4) is 0 Å². The molecule has 5 heterocycles. The van der Waals surface area contributed by atoms with Crippen LogP contribution >= 0.6 is 0 Å². The number of carboxylic acids is 1. The number of carbonyl (C=O) groups is 14. The number of amides is 13. The molecule has 42 heteroatoms. The number of rotatable bonds is 47. The summed E-state index contributed by atoms with van der Waals surface area (Å²) in [5.74, 6) is -12.4. The quantitative estimate of drug-likeness (QED) is 0.0172. The Morgan fingerprint density at radius 1 is 0.588 bits per heavy atom. The van der Waals surface area contributed by atoms with Crippen molar-refractivity contribution in [1.82, 2.24) is 104 Å². The monoisotopic (exact) mass is 1600 g/mol. The number of hydrogen-bond acceptors (Lipinski definition) is 24. The highest BCUT2D eigenvalue weighted by atomic mass is 16.6. The standard InChI is InChI=1S/C72H106N22O20/c1-5-6-15-46(63(74)104)88-68(109)48(23-39-12-8-7-9-13-39)89-69(110)51(25-41-29-75-35-82-41)87-58(100)32-81-70(111)59(37(2)3)91-64(105)38(4)84-67(108)49(24-40-28-79-45-16-11-10-14-44(40)45)90-66(107)47(17-18-54(73)96)85-56(98)20-21-77-55(97)19-22-78-65(106)50(86-57(99)31-80-52(72(112)113)26-42-30-76-36-83-42)27-43-33-94(93-92-43)71-62(103)61(102)60(101)53(34-95)114-71/h10-11,14,16,28-30,33,35-39,46-53,59-62,71,79-80,95,101-103H,5-9,12-13,15,17-27,31-32,34H2,1-4H3,(H2,73,96)(H2,74,104)(H,75,82)(H,76,83)(H,77,97)(H,78,106)(H,81,111)(H,84,108)(H,85,98)(H,86,99)(H,87,100)(H,88,109)(H,89,110)(H,90,107)(H,91,105)(H,112,113)/t38-,46?,47-,48?,49-,50-,51-,52-,53+,59-,60+,61-,62+,71+/m0/s1. The van der Waals surface area contributed by atoms with Gasteiger partial charge in [-0.25, -0.2) is 14.6 Å². The molecule has 624 valence electrons. The van der Waals surface area contributed by atoms with E-state index >= 15 is 0 Å². The first-order valence-corrected chi connectivity index (χ1v) is 37.9. The number of aliphatic hydroxyl groups excluding tert-OH is 4. The number of nitrogens with two attached hydrogens (primary N) is 2. The maximum atomic E-state index is 14.5. The highest BCUT2D eigenvalue weighted by Gasteiger charge is 2.45. The van der Waals surface area contributed by atoms with E-state index in [1.54, 1.807) is 44.3 Å². The van der Waals surface area contributed by atoms with Gasteiger partial charge in [0, 0.05) is 98.9 Å². The lowest BCUT2D eigenvalue weighted by Crippen LogP contribution is -2.59. The Hall–Kier alpha value is -11.3. The Morgan fingerprint density at radius 3 is 1.82 bits per heavy atom. The van der Waals surface area contributed by atoms with E-state index in [-0.39, 0.29) is 56.8 Å². The van der Waals surface area contributed by atoms with Gasteiger partial charge in [-0.05, 0) is 49.7 Å². The number of benzene rings is 1. The first kappa shape index (κ1) is 89.9. The van der Waals surface area contributed by atoms with E-state index in [4.69, 9.17) is 16.2 Å². The van der Waals surface area contributed by atoms with Crippen LogP contribution in [0.4, 0.5) is 0 Å². The van der Waals surface area contributed by atoms with Crippen molar-refractivity contribution in [3.05, 3.63) is 84.4 Å². The molecule has 0 bridgehead atoms. The summed E-state index contributed by atoms with van der Waals surface area (Å²) in [6, 6.07) is -4.85. The number of para-hydroxylation sites is 1. The molecule has 42 nitrogen and oxygen atoms in total. The SMILES string of the molecule is CCCCC(NC(=O)C(CC1CCCCC1)NC(=O)[C@H](Cc1cnc[nH]1)NC(=O)CNC(=O)[C@@H](NC(=O)[C@H](C)NC(=O)[C@H](Cc1c[nH]c2ccccc12)NC(=O)[C@H](CCC(N)=O)NC(=O)CCNC(=O)CCNC(=O)[C@H](Cc1cn([C@@H]2O[C@H](CO)[C@@H](O)[C@H](O)[C@H]2O)nn1)NC(=O)CN[C@@H](Cc1cnc[nH]1)C(=O)O)C(C)C)C(N)=O. The fourth-order valence-corrected chi connectivity index (χ4v) is 13.0. The molecule has 24 N–H and O–H groups in total. The zero-order valence-corrected chi connectivity index (χ0v) is 63.8. The first-order valence-electron chi connectivity index (χ1n) is 37.9. The number of ether oxygens (including phenoxy) is 1. The number of hydrogen-bond donors (Lipinski definition) is 22. The molecule has 1 saturated carbocycles. The van der Waals surface area contributed by atoms with Crippen LogP contribution < -0.4 is 75.3 Å². The summed E-state index contributed by atoms with van der Waals surface area (Å²) in [7, 11) is 0. The first-order chi connectivity index (χ1) is 54.4. The van der Waals surface area contributed by atoms with Crippen LogP contribution in [0.2, 0.25) is 0 Å². The van der Waals surface area contributed by atoms with Gasteiger partial charge in [0.25, 0.3) is 0 Å². The third-order valence-electron chi connectivity index (χ3n) is 19.4. The van der Waals surface area contributed by atoms with Crippen LogP contribution in [-0.4, -0.2) is 260 Å². The van der Waals surface area contributed by atoms with Crippen LogP contribution in [0, 0.1) is 11.8 Å². The summed E-state index contributed by atoms with van der Waals surface area (Å²) < 4.78 is 6.50. The summed E-state index contributed by atoms with van der Waals surface area (Å²) in [5.41, 5.74) is 13.2.